The van der Waals surface area contributed by atoms with Gasteiger partial charge in [-0.25, -0.2) is 4.79 Å². The highest BCUT2D eigenvalue weighted by Crippen LogP contribution is 2.45. The maximum absolute atomic E-state index is 12.7. The molecule has 29 heavy (non-hydrogen) atoms. The number of alkyl halides is 3. The van der Waals surface area contributed by atoms with Gasteiger partial charge in [0.2, 0.25) is 0 Å². The molecule has 2 atom stereocenters. The summed E-state index contributed by atoms with van der Waals surface area (Å²) in [5.74, 6) is -1.50. The predicted molar refractivity (Wildman–Crippen MR) is 103 cm³/mol. The van der Waals surface area contributed by atoms with Crippen LogP contribution in [0.4, 0.5) is 13.2 Å². The van der Waals surface area contributed by atoms with Gasteiger partial charge in [0.05, 0.1) is 17.2 Å². The molecular formula is C22H23F3O4. The summed E-state index contributed by atoms with van der Waals surface area (Å²) >= 11 is 0. The van der Waals surface area contributed by atoms with Crippen molar-refractivity contribution in [1.29, 1.82) is 0 Å². The fourth-order valence-corrected chi connectivity index (χ4v) is 3.80. The van der Waals surface area contributed by atoms with Gasteiger partial charge in [-0.2, -0.15) is 13.2 Å². The van der Waals surface area contributed by atoms with Crippen LogP contribution in [-0.2, 0) is 15.7 Å². The lowest BCUT2D eigenvalue weighted by molar-refractivity contribution is -0.137. The van der Waals surface area contributed by atoms with E-state index < -0.39 is 35.0 Å². The quantitative estimate of drug-likeness (QED) is 0.536. The van der Waals surface area contributed by atoms with E-state index in [0.717, 1.165) is 29.8 Å². The third kappa shape index (κ3) is 4.19. The molecule has 0 fully saturated rings. The first-order valence-electron chi connectivity index (χ1n) is 8.90. The van der Waals surface area contributed by atoms with Gasteiger partial charge < -0.3 is 9.84 Å². The lowest BCUT2D eigenvalue weighted by Gasteiger charge is -2.41. The minimum atomic E-state index is -4.47. The van der Waals surface area contributed by atoms with Crippen molar-refractivity contribution in [3.8, 4) is 0 Å². The molecule has 1 aromatic carbocycles. The van der Waals surface area contributed by atoms with E-state index in [4.69, 9.17) is 4.74 Å². The molecule has 1 aromatic rings. The zero-order valence-corrected chi connectivity index (χ0v) is 16.8. The molecule has 0 aliphatic heterocycles. The number of rotatable bonds is 5. The molecule has 0 radical (unpaired) electrons. The second kappa shape index (κ2) is 7.99. The zero-order valence-electron chi connectivity index (χ0n) is 16.8. The summed E-state index contributed by atoms with van der Waals surface area (Å²) in [6.07, 6.45) is -2.15. The molecule has 156 valence electrons. The van der Waals surface area contributed by atoms with E-state index in [2.05, 4.69) is 0 Å². The number of ether oxygens (including phenoxy) is 1. The maximum atomic E-state index is 12.7. The van der Waals surface area contributed by atoms with E-state index in [1.807, 2.05) is 6.92 Å². The number of carboxylic acid groups (broad SMARTS) is 1. The first-order chi connectivity index (χ1) is 13.3. The molecule has 2 unspecified atom stereocenters. The molecule has 4 nitrogen and oxygen atoms in total. The van der Waals surface area contributed by atoms with Crippen LogP contribution in [0, 0.1) is 5.41 Å². The Morgan fingerprint density at radius 2 is 1.69 bits per heavy atom. The average Bonchev–Trinajstić information content (AvgIpc) is 2.64. The van der Waals surface area contributed by atoms with E-state index in [1.165, 1.54) is 13.2 Å². The van der Waals surface area contributed by atoms with Crippen LogP contribution >= 0.6 is 0 Å². The number of carbonyl (C=O) groups is 2. The van der Waals surface area contributed by atoms with Crippen LogP contribution in [0.2, 0.25) is 0 Å². The minimum Gasteiger partial charge on any atom is -0.478 e. The number of halogens is 3. The third-order valence-electron chi connectivity index (χ3n) is 5.61. The smallest absolute Gasteiger partial charge is 0.416 e. The molecule has 1 N–H and O–H groups in total. The first-order valence-corrected chi connectivity index (χ1v) is 8.90. The van der Waals surface area contributed by atoms with Gasteiger partial charge >= 0.3 is 12.1 Å². The molecule has 0 aromatic heterocycles. The predicted octanol–water partition coefficient (Wildman–Crippen LogP) is 5.22. The number of ketones is 1. The number of hydrogen-bond donors (Lipinski definition) is 1. The number of benzene rings is 1. The highest BCUT2D eigenvalue weighted by atomic mass is 19.4. The summed E-state index contributed by atoms with van der Waals surface area (Å²) in [5, 5.41) is 9.53. The standard InChI is InChI=1S/C22H23F3O4/c1-12-14(3)21(4,19(29-5)13(2)18(12)20(27)28)11-10-17(26)15-6-8-16(9-7-15)22(23,24)25/h6-11,19H,1-5H3,(H,27,28). The Kier molecular flexibility index (Phi) is 6.23. The van der Waals surface area contributed by atoms with Crippen LogP contribution in [-0.4, -0.2) is 30.1 Å². The Labute approximate surface area is 167 Å². The number of carbonyl (C=O) groups excluding carboxylic acids is 1. The van der Waals surface area contributed by atoms with Gasteiger partial charge in [-0.1, -0.05) is 23.8 Å². The Morgan fingerprint density at radius 3 is 2.14 bits per heavy atom. The van der Waals surface area contributed by atoms with E-state index in [0.29, 0.717) is 11.1 Å². The van der Waals surface area contributed by atoms with Crippen molar-refractivity contribution in [2.75, 3.05) is 7.11 Å². The number of methoxy groups -OCH3 is 1. The monoisotopic (exact) mass is 408 g/mol. The van der Waals surface area contributed by atoms with Gasteiger partial charge in [-0.05, 0) is 57.0 Å². The molecular weight excluding hydrogens is 385 g/mol. The molecule has 0 saturated heterocycles. The molecule has 0 spiro atoms. The van der Waals surface area contributed by atoms with Crippen molar-refractivity contribution in [2.45, 2.75) is 40.0 Å². The largest absolute Gasteiger partial charge is 0.478 e. The van der Waals surface area contributed by atoms with Gasteiger partial charge in [0.15, 0.2) is 5.78 Å². The summed E-state index contributed by atoms with van der Waals surface area (Å²) < 4.78 is 43.6. The highest BCUT2D eigenvalue weighted by Gasteiger charge is 2.42. The fourth-order valence-electron chi connectivity index (χ4n) is 3.80. The average molecular weight is 408 g/mol. The minimum absolute atomic E-state index is 0.125. The van der Waals surface area contributed by atoms with Crippen molar-refractivity contribution >= 4 is 11.8 Å². The molecule has 0 bridgehead atoms. The second-order valence-electron chi connectivity index (χ2n) is 7.28. The maximum Gasteiger partial charge on any atom is 0.416 e. The highest BCUT2D eigenvalue weighted by molar-refractivity contribution is 6.04. The summed E-state index contributed by atoms with van der Waals surface area (Å²) in [5.41, 5.74) is 0.573. The number of hydrogen-bond acceptors (Lipinski definition) is 3. The SMILES string of the molecule is COC1C(C)=C(C(=O)O)C(C)=C(C)C1(C)C=CC(=O)c1ccc(C(F)(F)F)cc1. The van der Waals surface area contributed by atoms with Crippen molar-refractivity contribution < 1.29 is 32.6 Å². The van der Waals surface area contributed by atoms with E-state index in [1.54, 1.807) is 26.8 Å². The van der Waals surface area contributed by atoms with E-state index >= 15 is 0 Å². The van der Waals surface area contributed by atoms with Crippen LogP contribution in [0.25, 0.3) is 0 Å². The molecule has 1 aliphatic carbocycles. The van der Waals surface area contributed by atoms with Gasteiger partial charge in [-0.3, -0.25) is 4.79 Å². The summed E-state index contributed by atoms with van der Waals surface area (Å²) in [4.78, 5) is 24.1. The molecule has 7 heteroatoms. The van der Waals surface area contributed by atoms with Crippen LogP contribution in [0.1, 0.15) is 43.6 Å². The lowest BCUT2D eigenvalue weighted by Crippen LogP contribution is -2.39. The van der Waals surface area contributed by atoms with Gasteiger partial charge in [0, 0.05) is 18.1 Å². The molecule has 1 aliphatic rings. The van der Waals surface area contributed by atoms with Crippen LogP contribution in [0.3, 0.4) is 0 Å². The van der Waals surface area contributed by atoms with E-state index in [-0.39, 0.29) is 11.1 Å². The van der Waals surface area contributed by atoms with Gasteiger partial charge in [-0.15, -0.1) is 0 Å². The number of allylic oxidation sites excluding steroid dienone is 1. The van der Waals surface area contributed by atoms with Crippen LogP contribution in [0.15, 0.2) is 58.7 Å². The first kappa shape index (κ1) is 22.6. The van der Waals surface area contributed by atoms with Crippen molar-refractivity contribution in [1.82, 2.24) is 0 Å². The van der Waals surface area contributed by atoms with Crippen molar-refractivity contribution in [3.05, 3.63) is 69.8 Å². The van der Waals surface area contributed by atoms with Crippen LogP contribution < -0.4 is 0 Å². The summed E-state index contributed by atoms with van der Waals surface area (Å²) in [6.45, 7) is 7.00. The van der Waals surface area contributed by atoms with Gasteiger partial charge in [0.25, 0.3) is 0 Å². The lowest BCUT2D eigenvalue weighted by atomic mass is 9.67. The van der Waals surface area contributed by atoms with Crippen molar-refractivity contribution in [3.63, 3.8) is 0 Å². The summed E-state index contributed by atoms with van der Waals surface area (Å²) in [7, 11) is 1.46. The van der Waals surface area contributed by atoms with Crippen molar-refractivity contribution in [2.24, 2.45) is 5.41 Å². The van der Waals surface area contributed by atoms with Crippen LogP contribution in [0.5, 0.6) is 0 Å². The Hall–Kier alpha value is -2.67. The Balaban J connectivity index is 2.40. The number of aliphatic carboxylic acids is 1. The van der Waals surface area contributed by atoms with Gasteiger partial charge in [0.1, 0.15) is 0 Å². The zero-order chi connectivity index (χ0) is 22.1. The molecule has 0 amide bonds. The topological polar surface area (TPSA) is 63.6 Å². The molecule has 2 rings (SSSR count). The second-order valence-corrected chi connectivity index (χ2v) is 7.28. The molecule has 0 heterocycles. The Bertz CT molecular complexity index is 920. The number of carboxylic acids is 1. The van der Waals surface area contributed by atoms with E-state index in [9.17, 15) is 27.9 Å². The third-order valence-corrected chi connectivity index (χ3v) is 5.61. The summed E-state index contributed by atoms with van der Waals surface area (Å²) in [6, 6.07) is 3.99. The fraction of sp³-hybridized carbons (Fsp3) is 0.364. The Morgan fingerprint density at radius 1 is 1.14 bits per heavy atom. The normalized spacial score (nSPS) is 23.1. The molecule has 0 saturated carbocycles.